The summed E-state index contributed by atoms with van der Waals surface area (Å²) in [5.74, 6) is -0.0281. The summed E-state index contributed by atoms with van der Waals surface area (Å²) in [4.78, 5) is 0. The van der Waals surface area contributed by atoms with Gasteiger partial charge in [0.2, 0.25) is 0 Å². The molecular weight excluding hydrogens is 446 g/mol. The molecule has 0 aliphatic carbocycles. The first-order chi connectivity index (χ1) is 14.2. The van der Waals surface area contributed by atoms with Gasteiger partial charge in [-0.05, 0) is 18.2 Å². The second-order valence-electron chi connectivity index (χ2n) is 6.31. The van der Waals surface area contributed by atoms with Crippen LogP contribution < -0.4 is 10.7 Å². The van der Waals surface area contributed by atoms with Crippen LogP contribution in [0.3, 0.4) is 0 Å². The van der Waals surface area contributed by atoms with E-state index in [0.29, 0.717) is 21.4 Å². The van der Waals surface area contributed by atoms with Crippen molar-refractivity contribution in [2.24, 2.45) is 10.8 Å². The van der Waals surface area contributed by atoms with Crippen LogP contribution >= 0.6 is 23.4 Å². The number of hydrazone groups is 1. The second-order valence-corrected chi connectivity index (χ2v) is 7.91. The van der Waals surface area contributed by atoms with Gasteiger partial charge in [-0.2, -0.15) is 28.5 Å². The van der Waals surface area contributed by atoms with Crippen molar-refractivity contribution < 1.29 is 17.6 Å². The maximum absolute atomic E-state index is 14.0. The smallest absolute Gasteiger partial charge is 0.301 e. The quantitative estimate of drug-likeness (QED) is 0.588. The number of rotatable bonds is 5. The molecule has 0 saturated heterocycles. The topological polar surface area (TPSA) is 77.3 Å². The van der Waals surface area contributed by atoms with Crippen molar-refractivity contribution in [3.05, 3.63) is 64.8 Å². The number of benzene rings is 1. The number of hydrogen-bond acceptors (Lipinski definition) is 6. The Labute approximate surface area is 177 Å². The first-order valence-corrected chi connectivity index (χ1v) is 9.82. The summed E-state index contributed by atoms with van der Waals surface area (Å²) >= 11 is 7.23. The monoisotopic (exact) mass is 459 g/mol. The first kappa shape index (κ1) is 20.7. The van der Waals surface area contributed by atoms with E-state index in [-0.39, 0.29) is 13.1 Å². The molecule has 0 amide bonds. The van der Waals surface area contributed by atoms with Gasteiger partial charge in [0.1, 0.15) is 10.9 Å². The van der Waals surface area contributed by atoms with E-state index in [9.17, 15) is 17.6 Å². The predicted molar refractivity (Wildman–Crippen MR) is 105 cm³/mol. The molecule has 7 nitrogen and oxygen atoms in total. The highest BCUT2D eigenvalue weighted by atomic mass is 35.5. The summed E-state index contributed by atoms with van der Waals surface area (Å²) in [5, 5.41) is 14.4. The Hall–Kier alpha value is -2.57. The Bertz CT molecular complexity index is 1070. The van der Waals surface area contributed by atoms with E-state index in [1.807, 2.05) is 0 Å². The van der Waals surface area contributed by atoms with Gasteiger partial charge in [-0.1, -0.05) is 29.4 Å². The molecule has 1 atom stereocenters. The molecule has 0 saturated carbocycles. The highest BCUT2D eigenvalue weighted by molar-refractivity contribution is 8.14. The second kappa shape index (κ2) is 7.93. The van der Waals surface area contributed by atoms with Gasteiger partial charge in [-0.15, -0.1) is 0 Å². The van der Waals surface area contributed by atoms with Crippen molar-refractivity contribution in [1.82, 2.24) is 19.6 Å². The molecule has 0 bridgehead atoms. The summed E-state index contributed by atoms with van der Waals surface area (Å²) in [7, 11) is 0. The van der Waals surface area contributed by atoms with Crippen molar-refractivity contribution >= 4 is 34.2 Å². The fourth-order valence-electron chi connectivity index (χ4n) is 2.79. The molecule has 1 aliphatic heterocycles. The molecule has 0 fully saturated rings. The molecule has 1 unspecified atom stereocenters. The third kappa shape index (κ3) is 4.30. The minimum absolute atomic E-state index is 0.0382. The Morgan fingerprint density at radius 3 is 2.50 bits per heavy atom. The molecule has 0 spiro atoms. The Morgan fingerprint density at radius 1 is 1.07 bits per heavy atom. The number of nitrogens with zero attached hydrogens (tertiary/aromatic N) is 6. The standard InChI is InChI=1S/C17H14ClF4N7S/c18-11-2-1-3-12(19)10(11)8-27-7-5-14(25-27)29-16(23)30-15(26-29)9-28-6-4-13(24-28)17(20,21)22/h1-7,16H,8-9,23H2. The van der Waals surface area contributed by atoms with E-state index < -0.39 is 23.2 Å². The maximum atomic E-state index is 14.0. The molecule has 1 aromatic carbocycles. The van der Waals surface area contributed by atoms with Crippen molar-refractivity contribution in [3.63, 3.8) is 0 Å². The van der Waals surface area contributed by atoms with Gasteiger partial charge in [0.15, 0.2) is 17.0 Å². The SMILES string of the molecule is NC1SC(Cn2ccc(C(F)(F)F)n2)=NN1c1ccn(Cc2c(F)cccc2Cl)n1. The lowest BCUT2D eigenvalue weighted by molar-refractivity contribution is -0.141. The van der Waals surface area contributed by atoms with Crippen molar-refractivity contribution in [1.29, 1.82) is 0 Å². The number of nitrogens with two attached hydrogens (primary N) is 1. The van der Waals surface area contributed by atoms with Gasteiger partial charge >= 0.3 is 6.18 Å². The van der Waals surface area contributed by atoms with Gasteiger partial charge in [0.05, 0.1) is 13.1 Å². The maximum Gasteiger partial charge on any atom is 0.435 e. The van der Waals surface area contributed by atoms with E-state index in [0.717, 1.165) is 10.7 Å². The van der Waals surface area contributed by atoms with Crippen LogP contribution in [0, 0.1) is 5.82 Å². The third-order valence-corrected chi connectivity index (χ3v) is 5.47. The fourth-order valence-corrected chi connectivity index (χ4v) is 3.88. The molecule has 2 N–H and O–H groups in total. The Morgan fingerprint density at radius 2 is 1.80 bits per heavy atom. The third-order valence-electron chi connectivity index (χ3n) is 4.19. The van der Waals surface area contributed by atoms with E-state index >= 15 is 0 Å². The molecule has 3 aromatic rings. The minimum atomic E-state index is -4.51. The Kier molecular flexibility index (Phi) is 5.47. The predicted octanol–water partition coefficient (Wildman–Crippen LogP) is 3.75. The van der Waals surface area contributed by atoms with Gasteiger partial charge < -0.3 is 5.73 Å². The van der Waals surface area contributed by atoms with E-state index in [1.165, 1.54) is 39.8 Å². The van der Waals surface area contributed by atoms with Crippen LogP contribution in [0.4, 0.5) is 23.4 Å². The zero-order valence-corrected chi connectivity index (χ0v) is 16.7. The number of thioether (sulfide) groups is 1. The average Bonchev–Trinajstić information content (AvgIpc) is 3.38. The van der Waals surface area contributed by atoms with Crippen molar-refractivity contribution in [3.8, 4) is 0 Å². The Balaban J connectivity index is 1.48. The zero-order valence-electron chi connectivity index (χ0n) is 15.1. The molecular formula is C17H14ClF4N7S. The molecule has 2 aromatic heterocycles. The lowest BCUT2D eigenvalue weighted by Gasteiger charge is -2.15. The first-order valence-electron chi connectivity index (χ1n) is 8.56. The lowest BCUT2D eigenvalue weighted by atomic mass is 10.2. The molecule has 0 radical (unpaired) electrons. The summed E-state index contributed by atoms with van der Waals surface area (Å²) in [6.07, 6.45) is -1.65. The zero-order chi connectivity index (χ0) is 21.5. The largest absolute Gasteiger partial charge is 0.435 e. The van der Waals surface area contributed by atoms with Crippen LogP contribution in [0.1, 0.15) is 11.3 Å². The number of anilines is 1. The molecule has 30 heavy (non-hydrogen) atoms. The molecule has 3 heterocycles. The van der Waals surface area contributed by atoms with Crippen LogP contribution in [0.2, 0.25) is 5.02 Å². The van der Waals surface area contributed by atoms with Crippen LogP contribution in [0.5, 0.6) is 0 Å². The van der Waals surface area contributed by atoms with Gasteiger partial charge in [-0.3, -0.25) is 9.36 Å². The van der Waals surface area contributed by atoms with E-state index in [2.05, 4.69) is 15.3 Å². The normalized spacial score (nSPS) is 16.9. The number of alkyl halides is 3. The number of hydrogen-bond donors (Lipinski definition) is 1. The summed E-state index contributed by atoms with van der Waals surface area (Å²) in [6, 6.07) is 6.97. The van der Waals surface area contributed by atoms with Gasteiger partial charge in [0.25, 0.3) is 0 Å². The van der Waals surface area contributed by atoms with Gasteiger partial charge in [-0.25, -0.2) is 9.40 Å². The summed E-state index contributed by atoms with van der Waals surface area (Å²) in [6.45, 7) is 0.155. The van der Waals surface area contributed by atoms with Crippen LogP contribution in [-0.2, 0) is 19.3 Å². The van der Waals surface area contributed by atoms with Crippen LogP contribution in [-0.4, -0.2) is 30.1 Å². The molecule has 1 aliphatic rings. The van der Waals surface area contributed by atoms with Crippen molar-refractivity contribution in [2.45, 2.75) is 24.8 Å². The summed E-state index contributed by atoms with van der Waals surface area (Å²) < 4.78 is 54.7. The molecule has 13 heteroatoms. The summed E-state index contributed by atoms with van der Waals surface area (Å²) in [5.41, 5.74) is 4.79. The van der Waals surface area contributed by atoms with Crippen LogP contribution in [0.25, 0.3) is 0 Å². The van der Waals surface area contributed by atoms with Gasteiger partial charge in [0, 0.05) is 29.0 Å². The highest BCUT2D eigenvalue weighted by Gasteiger charge is 2.34. The number of halogens is 5. The van der Waals surface area contributed by atoms with E-state index in [1.54, 1.807) is 18.3 Å². The fraction of sp³-hybridized carbons (Fsp3) is 0.235. The van der Waals surface area contributed by atoms with Crippen LogP contribution in [0.15, 0.2) is 47.8 Å². The minimum Gasteiger partial charge on any atom is -0.301 e. The average molecular weight is 460 g/mol. The lowest BCUT2D eigenvalue weighted by Crippen LogP contribution is -2.32. The molecule has 158 valence electrons. The van der Waals surface area contributed by atoms with E-state index in [4.69, 9.17) is 17.3 Å². The number of aromatic nitrogens is 4. The van der Waals surface area contributed by atoms with Crippen molar-refractivity contribution in [2.75, 3.05) is 5.01 Å². The molecule has 4 rings (SSSR count). The highest BCUT2D eigenvalue weighted by Crippen LogP contribution is 2.30.